The topological polar surface area (TPSA) is 75.7 Å². The molecule has 1 saturated heterocycles. The van der Waals surface area contributed by atoms with Crippen LogP contribution in [0.25, 0.3) is 0 Å². The van der Waals surface area contributed by atoms with Crippen LogP contribution >= 0.6 is 0 Å². The monoisotopic (exact) mass is 400 g/mol. The Morgan fingerprint density at radius 2 is 1.82 bits per heavy atom. The Hall–Kier alpha value is -2.38. The van der Waals surface area contributed by atoms with Gasteiger partial charge in [0.05, 0.1) is 17.5 Å². The molecule has 0 bridgehead atoms. The Bertz CT molecular complexity index is 968. The van der Waals surface area contributed by atoms with Crippen molar-refractivity contribution in [3.05, 3.63) is 59.7 Å². The Morgan fingerprint density at radius 3 is 2.64 bits per heavy atom. The van der Waals surface area contributed by atoms with Crippen LogP contribution in [0.1, 0.15) is 47.6 Å². The maximum Gasteiger partial charge on any atom is 0.251 e. The molecule has 0 spiro atoms. The van der Waals surface area contributed by atoms with Gasteiger partial charge in [0, 0.05) is 30.6 Å². The Labute approximate surface area is 165 Å². The predicted molar refractivity (Wildman–Crippen MR) is 106 cm³/mol. The van der Waals surface area contributed by atoms with E-state index in [0.29, 0.717) is 31.7 Å². The van der Waals surface area contributed by atoms with Gasteiger partial charge in [-0.15, -0.1) is 0 Å². The summed E-state index contributed by atoms with van der Waals surface area (Å²) in [7, 11) is -3.57. The first kappa shape index (κ1) is 19.0. The molecule has 4 rings (SSSR count). The molecule has 7 heteroatoms. The van der Waals surface area contributed by atoms with E-state index in [2.05, 4.69) is 5.32 Å². The maximum atomic E-state index is 12.9. The predicted octanol–water partition coefficient (Wildman–Crippen LogP) is 3.11. The molecule has 2 heterocycles. The van der Waals surface area contributed by atoms with E-state index in [1.807, 2.05) is 24.3 Å². The third kappa shape index (κ3) is 3.77. The normalized spacial score (nSPS) is 20.1. The lowest BCUT2D eigenvalue weighted by Crippen LogP contribution is -2.36. The highest BCUT2D eigenvalue weighted by Gasteiger charge is 2.27. The van der Waals surface area contributed by atoms with Crippen molar-refractivity contribution < 1.29 is 17.9 Å². The largest absolute Gasteiger partial charge is 0.493 e. The van der Waals surface area contributed by atoms with Crippen LogP contribution in [0.5, 0.6) is 5.75 Å². The van der Waals surface area contributed by atoms with E-state index in [1.165, 1.54) is 10.4 Å². The molecule has 6 nitrogen and oxygen atoms in total. The van der Waals surface area contributed by atoms with E-state index in [9.17, 15) is 13.2 Å². The smallest absolute Gasteiger partial charge is 0.251 e. The van der Waals surface area contributed by atoms with Gasteiger partial charge in [0.2, 0.25) is 10.0 Å². The molecule has 2 aromatic rings. The minimum absolute atomic E-state index is 0.153. The van der Waals surface area contributed by atoms with Crippen LogP contribution in [0.3, 0.4) is 0 Å². The van der Waals surface area contributed by atoms with E-state index in [4.69, 9.17) is 4.74 Å². The van der Waals surface area contributed by atoms with Gasteiger partial charge in [-0.2, -0.15) is 4.31 Å². The summed E-state index contributed by atoms with van der Waals surface area (Å²) in [4.78, 5) is 13.0. The zero-order valence-electron chi connectivity index (χ0n) is 15.6. The molecule has 2 aromatic carbocycles. The van der Waals surface area contributed by atoms with Crippen LogP contribution in [-0.4, -0.2) is 38.3 Å². The molecule has 2 aliphatic rings. The second-order valence-electron chi connectivity index (χ2n) is 7.19. The summed E-state index contributed by atoms with van der Waals surface area (Å²) in [5.74, 6) is 0.498. The summed E-state index contributed by atoms with van der Waals surface area (Å²) in [6.07, 6.45) is 3.49. The van der Waals surface area contributed by atoms with Gasteiger partial charge in [-0.3, -0.25) is 4.79 Å². The molecular formula is C21H24N2O4S. The third-order valence-electron chi connectivity index (χ3n) is 5.31. The van der Waals surface area contributed by atoms with Gasteiger partial charge in [0.1, 0.15) is 5.75 Å². The summed E-state index contributed by atoms with van der Waals surface area (Å²) in [6, 6.07) is 13.8. The SMILES string of the molecule is O=C(N[C@@H]1CCOc2ccccc21)c1cccc(S(=O)(=O)N2CCCCC2)c1. The summed E-state index contributed by atoms with van der Waals surface area (Å²) < 4.78 is 32.9. The second-order valence-corrected chi connectivity index (χ2v) is 9.13. The maximum absolute atomic E-state index is 12.9. The number of benzene rings is 2. The first-order valence-electron chi connectivity index (χ1n) is 9.68. The quantitative estimate of drug-likeness (QED) is 0.856. The second kappa shape index (κ2) is 7.93. The number of amides is 1. The highest BCUT2D eigenvalue weighted by molar-refractivity contribution is 7.89. The van der Waals surface area contributed by atoms with Crippen molar-refractivity contribution in [3.63, 3.8) is 0 Å². The molecule has 1 atom stereocenters. The molecule has 1 N–H and O–H groups in total. The Morgan fingerprint density at radius 1 is 1.04 bits per heavy atom. The number of sulfonamides is 1. The summed E-state index contributed by atoms with van der Waals surface area (Å²) in [5.41, 5.74) is 1.29. The third-order valence-corrected chi connectivity index (χ3v) is 7.21. The number of ether oxygens (including phenoxy) is 1. The molecule has 0 aliphatic carbocycles. The van der Waals surface area contributed by atoms with Crippen molar-refractivity contribution in [1.82, 2.24) is 9.62 Å². The van der Waals surface area contributed by atoms with Crippen molar-refractivity contribution in [2.45, 2.75) is 36.6 Å². The van der Waals surface area contributed by atoms with Gasteiger partial charge in [-0.25, -0.2) is 8.42 Å². The minimum atomic E-state index is -3.57. The van der Waals surface area contributed by atoms with E-state index in [1.54, 1.807) is 18.2 Å². The van der Waals surface area contributed by atoms with Gasteiger partial charge in [-0.05, 0) is 37.1 Å². The molecule has 0 aromatic heterocycles. The number of para-hydroxylation sites is 1. The van der Waals surface area contributed by atoms with Crippen LogP contribution in [0, 0.1) is 0 Å². The fourth-order valence-corrected chi connectivity index (χ4v) is 5.35. The van der Waals surface area contributed by atoms with Gasteiger partial charge < -0.3 is 10.1 Å². The highest BCUT2D eigenvalue weighted by atomic mass is 32.2. The lowest BCUT2D eigenvalue weighted by atomic mass is 10.00. The van der Waals surface area contributed by atoms with Gasteiger partial charge in [0.15, 0.2) is 0 Å². The van der Waals surface area contributed by atoms with Crippen LogP contribution in [0.4, 0.5) is 0 Å². The number of nitrogens with zero attached hydrogens (tertiary/aromatic N) is 1. The minimum Gasteiger partial charge on any atom is -0.493 e. The van der Waals surface area contributed by atoms with E-state index in [-0.39, 0.29) is 16.8 Å². The van der Waals surface area contributed by atoms with Crippen molar-refractivity contribution in [2.24, 2.45) is 0 Å². The van der Waals surface area contributed by atoms with Crippen molar-refractivity contribution in [3.8, 4) is 5.75 Å². The van der Waals surface area contributed by atoms with Crippen LogP contribution in [0.15, 0.2) is 53.4 Å². The Balaban J connectivity index is 1.54. The fourth-order valence-electron chi connectivity index (χ4n) is 3.79. The number of rotatable bonds is 4. The van der Waals surface area contributed by atoms with Gasteiger partial charge in [0.25, 0.3) is 5.91 Å². The molecule has 1 amide bonds. The molecule has 148 valence electrons. The van der Waals surface area contributed by atoms with Crippen molar-refractivity contribution in [2.75, 3.05) is 19.7 Å². The molecule has 2 aliphatic heterocycles. The summed E-state index contributed by atoms with van der Waals surface area (Å²) in [5, 5.41) is 3.02. The highest BCUT2D eigenvalue weighted by Crippen LogP contribution is 2.31. The Kier molecular flexibility index (Phi) is 5.37. The van der Waals surface area contributed by atoms with E-state index < -0.39 is 10.0 Å². The van der Waals surface area contributed by atoms with Crippen LogP contribution in [-0.2, 0) is 10.0 Å². The van der Waals surface area contributed by atoms with E-state index in [0.717, 1.165) is 30.6 Å². The lowest BCUT2D eigenvalue weighted by molar-refractivity contribution is 0.0924. The van der Waals surface area contributed by atoms with Gasteiger partial charge in [-0.1, -0.05) is 30.7 Å². The average Bonchev–Trinajstić information content (AvgIpc) is 2.75. The summed E-state index contributed by atoms with van der Waals surface area (Å²) in [6.45, 7) is 1.61. The molecule has 0 unspecified atom stereocenters. The number of hydrogen-bond donors (Lipinski definition) is 1. The molecule has 0 radical (unpaired) electrons. The molecular weight excluding hydrogens is 376 g/mol. The standard InChI is InChI=1S/C21H24N2O4S/c24-21(22-19-11-14-27-20-10-3-2-9-18(19)20)16-7-6-8-17(15-16)28(25,26)23-12-4-1-5-13-23/h2-3,6-10,15,19H,1,4-5,11-14H2,(H,22,24)/t19-/m1/s1. The number of carbonyl (C=O) groups is 1. The fraction of sp³-hybridized carbons (Fsp3) is 0.381. The number of nitrogens with one attached hydrogen (secondary N) is 1. The average molecular weight is 401 g/mol. The molecule has 28 heavy (non-hydrogen) atoms. The molecule has 0 saturated carbocycles. The number of fused-ring (bicyclic) bond motifs is 1. The molecule has 1 fully saturated rings. The van der Waals surface area contributed by atoms with E-state index >= 15 is 0 Å². The van der Waals surface area contributed by atoms with Crippen LogP contribution in [0.2, 0.25) is 0 Å². The van der Waals surface area contributed by atoms with Crippen molar-refractivity contribution in [1.29, 1.82) is 0 Å². The number of carbonyl (C=O) groups excluding carboxylic acids is 1. The first-order chi connectivity index (χ1) is 13.6. The number of piperidine rings is 1. The summed E-state index contributed by atoms with van der Waals surface area (Å²) >= 11 is 0. The first-order valence-corrected chi connectivity index (χ1v) is 11.1. The lowest BCUT2D eigenvalue weighted by Gasteiger charge is -2.27. The number of hydrogen-bond acceptors (Lipinski definition) is 4. The zero-order valence-corrected chi connectivity index (χ0v) is 16.5. The van der Waals surface area contributed by atoms with Crippen molar-refractivity contribution >= 4 is 15.9 Å². The van der Waals surface area contributed by atoms with Crippen LogP contribution < -0.4 is 10.1 Å². The zero-order chi connectivity index (χ0) is 19.6. The van der Waals surface area contributed by atoms with Gasteiger partial charge >= 0.3 is 0 Å².